The normalized spacial score (nSPS) is 27.4. The number of amides is 1. The van der Waals surface area contributed by atoms with E-state index in [1.54, 1.807) is 4.90 Å². The number of piperidine rings is 1. The van der Waals surface area contributed by atoms with Crippen LogP contribution in [-0.4, -0.2) is 41.1 Å². The van der Waals surface area contributed by atoms with Crippen LogP contribution in [0.2, 0.25) is 0 Å². The highest BCUT2D eigenvalue weighted by Gasteiger charge is 2.59. The minimum Gasteiger partial charge on any atom is -0.444 e. The van der Waals surface area contributed by atoms with Gasteiger partial charge in [-0.05, 0) is 39.5 Å². The topological polar surface area (TPSA) is 72.6 Å². The predicted molar refractivity (Wildman–Crippen MR) is 74.2 cm³/mol. The Morgan fingerprint density at radius 1 is 1.38 bits per heavy atom. The number of carbonyl (C=O) groups excluding carboxylic acids is 2. The van der Waals surface area contributed by atoms with Gasteiger partial charge in [-0.3, -0.25) is 4.79 Å². The summed E-state index contributed by atoms with van der Waals surface area (Å²) in [5.41, 5.74) is 1.23. The zero-order valence-corrected chi connectivity index (χ0v) is 12.8. The van der Waals surface area contributed by atoms with Gasteiger partial charge in [-0.15, -0.1) is 0 Å². The third-order valence-corrected chi connectivity index (χ3v) is 4.26. The van der Waals surface area contributed by atoms with E-state index in [0.29, 0.717) is 42.9 Å². The minimum absolute atomic E-state index is 0.251. The number of hydrogen-bond acceptors (Lipinski definition) is 5. The van der Waals surface area contributed by atoms with Gasteiger partial charge in [-0.2, -0.15) is 0 Å². The van der Waals surface area contributed by atoms with Crippen LogP contribution in [0.4, 0.5) is 4.79 Å². The molecule has 6 nitrogen and oxygen atoms in total. The zero-order chi connectivity index (χ0) is 15.4. The number of aldehydes is 1. The van der Waals surface area contributed by atoms with Crippen LogP contribution in [0, 0.1) is 18.8 Å². The van der Waals surface area contributed by atoms with Crippen LogP contribution in [0.3, 0.4) is 0 Å². The summed E-state index contributed by atoms with van der Waals surface area (Å²) in [5, 5.41) is 4.02. The number of hydrogen-bond donors (Lipinski definition) is 0. The number of rotatable bonds is 2. The lowest BCUT2D eigenvalue weighted by Crippen LogP contribution is -2.36. The fourth-order valence-electron chi connectivity index (χ4n) is 3.19. The second-order valence-electron chi connectivity index (χ2n) is 6.91. The molecule has 0 spiro atoms. The van der Waals surface area contributed by atoms with Crippen LogP contribution in [0.25, 0.3) is 0 Å². The fourth-order valence-corrected chi connectivity index (χ4v) is 3.19. The maximum Gasteiger partial charge on any atom is 0.410 e. The summed E-state index contributed by atoms with van der Waals surface area (Å²) in [5.74, 6) is 1.42. The van der Waals surface area contributed by atoms with Gasteiger partial charge in [-0.1, -0.05) is 5.16 Å². The van der Waals surface area contributed by atoms with Gasteiger partial charge >= 0.3 is 6.09 Å². The van der Waals surface area contributed by atoms with Crippen LogP contribution in [0.5, 0.6) is 0 Å². The predicted octanol–water partition coefficient (Wildman–Crippen LogP) is 2.38. The maximum absolute atomic E-state index is 12.0. The van der Waals surface area contributed by atoms with Gasteiger partial charge in [0.15, 0.2) is 6.29 Å². The summed E-state index contributed by atoms with van der Waals surface area (Å²) in [7, 11) is 0. The van der Waals surface area contributed by atoms with Crippen molar-refractivity contribution >= 4 is 12.4 Å². The minimum atomic E-state index is -0.467. The van der Waals surface area contributed by atoms with E-state index in [4.69, 9.17) is 9.26 Å². The van der Waals surface area contributed by atoms with Gasteiger partial charge in [-0.25, -0.2) is 4.79 Å². The second-order valence-corrected chi connectivity index (χ2v) is 6.91. The first kappa shape index (κ1) is 14.1. The Balaban J connectivity index is 1.62. The number of nitrogens with zero attached hydrogens (tertiary/aromatic N) is 2. The van der Waals surface area contributed by atoms with Crippen LogP contribution in [-0.2, 0) is 4.74 Å². The first-order valence-corrected chi connectivity index (χ1v) is 7.21. The molecule has 1 amide bonds. The maximum atomic E-state index is 12.0. The molecule has 3 rings (SSSR count). The van der Waals surface area contributed by atoms with Gasteiger partial charge in [0.1, 0.15) is 5.60 Å². The Hall–Kier alpha value is -1.85. The molecule has 0 N–H and O–H groups in total. The highest BCUT2D eigenvalue weighted by molar-refractivity contribution is 5.73. The summed E-state index contributed by atoms with van der Waals surface area (Å²) in [6.45, 7) is 8.83. The lowest BCUT2D eigenvalue weighted by atomic mass is 10.1. The fraction of sp³-hybridized carbons (Fsp3) is 0.667. The molecule has 0 aromatic carbocycles. The second kappa shape index (κ2) is 4.58. The Bertz CT molecular complexity index is 575. The smallest absolute Gasteiger partial charge is 0.410 e. The van der Waals surface area contributed by atoms with Crippen molar-refractivity contribution in [1.82, 2.24) is 10.1 Å². The van der Waals surface area contributed by atoms with Crippen LogP contribution < -0.4 is 0 Å². The van der Waals surface area contributed by atoms with Crippen molar-refractivity contribution in [1.29, 1.82) is 0 Å². The summed E-state index contributed by atoms with van der Waals surface area (Å²) >= 11 is 0. The van der Waals surface area contributed by atoms with Crippen molar-refractivity contribution in [3.05, 3.63) is 17.0 Å². The standard InChI is InChI=1S/C15H20N2O4/c1-8-11(7-18)21-16-13(8)12-9-5-17(6-10(9)12)14(19)20-15(2,3)4/h7,9-10,12H,5-6H2,1-4H3. The van der Waals surface area contributed by atoms with E-state index >= 15 is 0 Å². The van der Waals surface area contributed by atoms with Crippen molar-refractivity contribution in [2.75, 3.05) is 13.1 Å². The van der Waals surface area contributed by atoms with Gasteiger partial charge in [0, 0.05) is 24.6 Å². The van der Waals surface area contributed by atoms with Crippen LogP contribution in [0.15, 0.2) is 4.52 Å². The first-order valence-electron chi connectivity index (χ1n) is 7.21. The van der Waals surface area contributed by atoms with Gasteiger partial charge in [0.25, 0.3) is 0 Å². The summed E-state index contributed by atoms with van der Waals surface area (Å²) in [6, 6.07) is 0. The molecule has 1 aromatic heterocycles. The molecule has 1 aromatic rings. The van der Waals surface area contributed by atoms with Crippen molar-refractivity contribution in [2.24, 2.45) is 11.8 Å². The Kier molecular flexibility index (Phi) is 3.07. The molecule has 2 fully saturated rings. The average molecular weight is 292 g/mol. The number of aromatic nitrogens is 1. The number of carbonyl (C=O) groups is 2. The zero-order valence-electron chi connectivity index (χ0n) is 12.8. The highest BCUT2D eigenvalue weighted by Crippen LogP contribution is 2.58. The molecule has 1 aliphatic carbocycles. The first-order chi connectivity index (χ1) is 9.81. The summed E-state index contributed by atoms with van der Waals surface area (Å²) < 4.78 is 10.4. The quantitative estimate of drug-likeness (QED) is 0.782. The Morgan fingerprint density at radius 2 is 2.00 bits per heavy atom. The molecule has 21 heavy (non-hydrogen) atoms. The summed E-state index contributed by atoms with van der Waals surface area (Å²) in [6.07, 6.45) is 0.440. The SMILES string of the molecule is Cc1c(C2C3CN(C(=O)OC(C)(C)C)CC32)noc1C=O. The third-order valence-electron chi connectivity index (χ3n) is 4.26. The lowest BCUT2D eigenvalue weighted by molar-refractivity contribution is 0.0270. The Labute approximate surface area is 123 Å². The van der Waals surface area contributed by atoms with Crippen LogP contribution in [0.1, 0.15) is 48.5 Å². The van der Waals surface area contributed by atoms with Crippen molar-refractivity contribution in [2.45, 2.75) is 39.2 Å². The number of likely N-dealkylation sites (tertiary alicyclic amines) is 1. The van der Waals surface area contributed by atoms with Crippen molar-refractivity contribution < 1.29 is 18.8 Å². The van der Waals surface area contributed by atoms with E-state index in [1.165, 1.54) is 0 Å². The van der Waals surface area contributed by atoms with Gasteiger partial charge in [0.05, 0.1) is 5.69 Å². The van der Waals surface area contributed by atoms with E-state index in [2.05, 4.69) is 5.16 Å². The molecule has 1 saturated carbocycles. The van der Waals surface area contributed by atoms with E-state index in [1.807, 2.05) is 27.7 Å². The molecule has 2 atom stereocenters. The van der Waals surface area contributed by atoms with Gasteiger partial charge in [0.2, 0.25) is 5.76 Å². The molecule has 2 unspecified atom stereocenters. The Morgan fingerprint density at radius 3 is 2.48 bits per heavy atom. The molecule has 1 aliphatic heterocycles. The van der Waals surface area contributed by atoms with E-state index in [9.17, 15) is 9.59 Å². The molecule has 0 radical (unpaired) electrons. The molecule has 6 heteroatoms. The lowest BCUT2D eigenvalue weighted by Gasteiger charge is -2.25. The molecular formula is C15H20N2O4. The van der Waals surface area contributed by atoms with E-state index < -0.39 is 5.60 Å². The third kappa shape index (κ3) is 2.43. The molecule has 114 valence electrons. The number of ether oxygens (including phenoxy) is 1. The van der Waals surface area contributed by atoms with Crippen molar-refractivity contribution in [3.63, 3.8) is 0 Å². The summed E-state index contributed by atoms with van der Waals surface area (Å²) in [4.78, 5) is 24.6. The van der Waals surface area contributed by atoms with E-state index in [0.717, 1.165) is 11.3 Å². The monoisotopic (exact) mass is 292 g/mol. The van der Waals surface area contributed by atoms with Gasteiger partial charge < -0.3 is 14.2 Å². The highest BCUT2D eigenvalue weighted by atomic mass is 16.6. The molecular weight excluding hydrogens is 272 g/mol. The van der Waals surface area contributed by atoms with Crippen LogP contribution >= 0.6 is 0 Å². The average Bonchev–Trinajstić information content (AvgIpc) is 2.75. The largest absolute Gasteiger partial charge is 0.444 e. The number of fused-ring (bicyclic) bond motifs is 1. The molecule has 2 heterocycles. The molecule has 0 bridgehead atoms. The molecule has 2 aliphatic rings. The molecule has 1 saturated heterocycles. The van der Waals surface area contributed by atoms with Crippen molar-refractivity contribution in [3.8, 4) is 0 Å². The van der Waals surface area contributed by atoms with E-state index in [-0.39, 0.29) is 6.09 Å².